The van der Waals surface area contributed by atoms with Crippen LogP contribution >= 0.6 is 0 Å². The molecule has 3 rings (SSSR count). The smallest absolute Gasteiger partial charge is 0.324 e. The maximum Gasteiger partial charge on any atom is 0.324 e. The molecule has 0 unspecified atom stereocenters. The first-order valence-corrected chi connectivity index (χ1v) is 8.78. The molecule has 134 valence electrons. The predicted octanol–water partition coefficient (Wildman–Crippen LogP) is 0.961. The van der Waals surface area contributed by atoms with Crippen LogP contribution in [0.3, 0.4) is 0 Å². The summed E-state index contributed by atoms with van der Waals surface area (Å²) in [5, 5.41) is 5.44. The molecule has 2 N–H and O–H groups in total. The second-order valence-electron chi connectivity index (χ2n) is 6.55. The molecule has 2 aliphatic heterocycles. The van der Waals surface area contributed by atoms with Crippen LogP contribution in [0, 0.1) is 5.92 Å². The topological polar surface area (TPSA) is 81.8 Å². The summed E-state index contributed by atoms with van der Waals surface area (Å²) >= 11 is 0. The first-order valence-electron chi connectivity index (χ1n) is 8.78. The minimum absolute atomic E-state index is 0.0229. The molecular formula is C18H24N4O3. The standard InChI is InChI=1S/C18H24N4O3/c23-16(7-4-9-22-17(24)12-20-18(22)25)19-11-14-8-10-21(13-14)15-5-2-1-3-6-15/h1-3,5-6,14H,4,7-13H2,(H,19,23)(H,20,25)/t14-/m1/s1. The fourth-order valence-corrected chi connectivity index (χ4v) is 3.30. The Kier molecular flexibility index (Phi) is 5.53. The van der Waals surface area contributed by atoms with Crippen LogP contribution in [0.1, 0.15) is 19.3 Å². The van der Waals surface area contributed by atoms with Crippen molar-refractivity contribution in [3.8, 4) is 0 Å². The van der Waals surface area contributed by atoms with Crippen molar-refractivity contribution in [1.29, 1.82) is 0 Å². The number of amides is 4. The Bertz CT molecular complexity index is 618. The highest BCUT2D eigenvalue weighted by molar-refractivity contribution is 6.01. The van der Waals surface area contributed by atoms with E-state index in [0.29, 0.717) is 31.8 Å². The van der Waals surface area contributed by atoms with E-state index >= 15 is 0 Å². The van der Waals surface area contributed by atoms with E-state index in [4.69, 9.17) is 0 Å². The van der Waals surface area contributed by atoms with E-state index in [-0.39, 0.29) is 24.4 Å². The van der Waals surface area contributed by atoms with Gasteiger partial charge in [0.2, 0.25) is 11.8 Å². The van der Waals surface area contributed by atoms with Gasteiger partial charge in [-0.1, -0.05) is 18.2 Å². The molecule has 7 heteroatoms. The molecule has 0 bridgehead atoms. The third kappa shape index (κ3) is 4.49. The summed E-state index contributed by atoms with van der Waals surface area (Å²) in [4.78, 5) is 38.3. The second kappa shape index (κ2) is 8.00. The summed E-state index contributed by atoms with van der Waals surface area (Å²) < 4.78 is 0. The molecule has 1 aromatic carbocycles. The summed E-state index contributed by atoms with van der Waals surface area (Å²) in [6, 6.07) is 9.94. The molecule has 2 aliphatic rings. The molecule has 1 atom stereocenters. The van der Waals surface area contributed by atoms with Crippen LogP contribution in [0.5, 0.6) is 0 Å². The number of urea groups is 1. The number of anilines is 1. The number of nitrogens with one attached hydrogen (secondary N) is 2. The van der Waals surface area contributed by atoms with Gasteiger partial charge >= 0.3 is 6.03 Å². The van der Waals surface area contributed by atoms with E-state index in [1.165, 1.54) is 10.6 Å². The van der Waals surface area contributed by atoms with Crippen LogP contribution in [0.25, 0.3) is 0 Å². The Morgan fingerprint density at radius 3 is 2.76 bits per heavy atom. The third-order valence-electron chi connectivity index (χ3n) is 4.72. The fourth-order valence-electron chi connectivity index (χ4n) is 3.30. The van der Waals surface area contributed by atoms with E-state index in [9.17, 15) is 14.4 Å². The molecular weight excluding hydrogens is 320 g/mol. The number of hydrogen-bond donors (Lipinski definition) is 2. The summed E-state index contributed by atoms with van der Waals surface area (Å²) in [5.41, 5.74) is 1.23. The molecule has 2 heterocycles. The largest absolute Gasteiger partial charge is 0.371 e. The molecule has 0 aliphatic carbocycles. The van der Waals surface area contributed by atoms with Crippen molar-refractivity contribution in [3.63, 3.8) is 0 Å². The van der Waals surface area contributed by atoms with Crippen LogP contribution in [-0.4, -0.2) is 55.5 Å². The average Bonchev–Trinajstić information content (AvgIpc) is 3.22. The summed E-state index contributed by atoms with van der Waals surface area (Å²) in [7, 11) is 0. The van der Waals surface area contributed by atoms with Gasteiger partial charge in [-0.15, -0.1) is 0 Å². The van der Waals surface area contributed by atoms with Gasteiger partial charge in [0.1, 0.15) is 0 Å². The van der Waals surface area contributed by atoms with Crippen molar-refractivity contribution in [2.24, 2.45) is 5.92 Å². The summed E-state index contributed by atoms with van der Waals surface area (Å²) in [5.74, 6) is 0.206. The van der Waals surface area contributed by atoms with Gasteiger partial charge < -0.3 is 15.5 Å². The van der Waals surface area contributed by atoms with Crippen LogP contribution in [-0.2, 0) is 9.59 Å². The highest BCUT2D eigenvalue weighted by Gasteiger charge is 2.28. The van der Waals surface area contributed by atoms with Gasteiger partial charge in [-0.25, -0.2) is 4.79 Å². The Morgan fingerprint density at radius 1 is 1.24 bits per heavy atom. The van der Waals surface area contributed by atoms with Crippen molar-refractivity contribution in [3.05, 3.63) is 30.3 Å². The molecule has 4 amide bonds. The first kappa shape index (κ1) is 17.3. The first-order chi connectivity index (χ1) is 12.1. The molecule has 25 heavy (non-hydrogen) atoms. The second-order valence-corrected chi connectivity index (χ2v) is 6.55. The van der Waals surface area contributed by atoms with Crippen LogP contribution in [0.2, 0.25) is 0 Å². The number of para-hydroxylation sites is 1. The zero-order valence-electron chi connectivity index (χ0n) is 14.2. The maximum atomic E-state index is 12.0. The lowest BCUT2D eigenvalue weighted by Gasteiger charge is -2.18. The molecule has 0 aromatic heterocycles. The van der Waals surface area contributed by atoms with E-state index in [0.717, 1.165) is 19.5 Å². The molecule has 1 aromatic rings. The van der Waals surface area contributed by atoms with Gasteiger partial charge in [0.25, 0.3) is 0 Å². The Morgan fingerprint density at radius 2 is 2.04 bits per heavy atom. The van der Waals surface area contributed by atoms with Crippen molar-refractivity contribution in [1.82, 2.24) is 15.5 Å². The van der Waals surface area contributed by atoms with Crippen molar-refractivity contribution in [2.75, 3.05) is 37.6 Å². The number of hydrogen-bond acceptors (Lipinski definition) is 4. The monoisotopic (exact) mass is 344 g/mol. The summed E-state index contributed by atoms with van der Waals surface area (Å²) in [6.45, 7) is 2.99. The molecule has 0 spiro atoms. The predicted molar refractivity (Wildman–Crippen MR) is 94.1 cm³/mol. The number of benzene rings is 1. The van der Waals surface area contributed by atoms with Gasteiger partial charge in [0, 0.05) is 38.3 Å². The third-order valence-corrected chi connectivity index (χ3v) is 4.72. The molecule has 0 saturated carbocycles. The van der Waals surface area contributed by atoms with Gasteiger partial charge in [-0.05, 0) is 30.9 Å². The number of carbonyl (C=O) groups excluding carboxylic acids is 3. The zero-order chi connectivity index (χ0) is 17.6. The molecule has 2 fully saturated rings. The van der Waals surface area contributed by atoms with Crippen LogP contribution < -0.4 is 15.5 Å². The quantitative estimate of drug-likeness (QED) is 0.722. The fraction of sp³-hybridized carbons (Fsp3) is 0.500. The molecule has 2 saturated heterocycles. The van der Waals surface area contributed by atoms with Crippen molar-refractivity contribution < 1.29 is 14.4 Å². The lowest BCUT2D eigenvalue weighted by molar-refractivity contribution is -0.126. The van der Waals surface area contributed by atoms with E-state index < -0.39 is 0 Å². The highest BCUT2D eigenvalue weighted by Crippen LogP contribution is 2.22. The lowest BCUT2D eigenvalue weighted by Crippen LogP contribution is -2.34. The number of carbonyl (C=O) groups is 3. The van der Waals surface area contributed by atoms with E-state index in [2.05, 4.69) is 27.7 Å². The molecule has 0 radical (unpaired) electrons. The van der Waals surface area contributed by atoms with Gasteiger partial charge in [-0.3, -0.25) is 14.5 Å². The minimum Gasteiger partial charge on any atom is -0.371 e. The Hall–Kier alpha value is -2.57. The Labute approximate surface area is 147 Å². The van der Waals surface area contributed by atoms with Crippen LogP contribution in [0.15, 0.2) is 30.3 Å². The van der Waals surface area contributed by atoms with E-state index in [1.807, 2.05) is 18.2 Å². The van der Waals surface area contributed by atoms with Crippen LogP contribution in [0.4, 0.5) is 10.5 Å². The van der Waals surface area contributed by atoms with Gasteiger partial charge in [0.15, 0.2) is 0 Å². The number of nitrogens with zero attached hydrogens (tertiary/aromatic N) is 2. The van der Waals surface area contributed by atoms with E-state index in [1.54, 1.807) is 0 Å². The Balaban J connectivity index is 1.33. The zero-order valence-corrected chi connectivity index (χ0v) is 14.2. The number of imide groups is 1. The minimum atomic E-state index is -0.364. The molecule has 7 nitrogen and oxygen atoms in total. The van der Waals surface area contributed by atoms with Crippen molar-refractivity contribution >= 4 is 23.5 Å². The normalized spacial score (nSPS) is 20.1. The summed E-state index contributed by atoms with van der Waals surface area (Å²) in [6.07, 6.45) is 1.88. The number of rotatable bonds is 7. The SMILES string of the molecule is O=C(CCCN1C(=O)CNC1=O)NC[C@H]1CCN(c2ccccc2)C1. The van der Waals surface area contributed by atoms with Crippen molar-refractivity contribution in [2.45, 2.75) is 19.3 Å². The average molecular weight is 344 g/mol. The lowest BCUT2D eigenvalue weighted by atomic mass is 10.1. The van der Waals surface area contributed by atoms with Gasteiger partial charge in [0.05, 0.1) is 6.54 Å². The van der Waals surface area contributed by atoms with Gasteiger partial charge in [-0.2, -0.15) is 0 Å². The highest BCUT2D eigenvalue weighted by atomic mass is 16.2. The maximum absolute atomic E-state index is 12.0.